The Bertz CT molecular complexity index is 398. The van der Waals surface area contributed by atoms with Crippen molar-refractivity contribution in [2.75, 3.05) is 7.05 Å². The van der Waals surface area contributed by atoms with Crippen LogP contribution in [0, 0.1) is 0 Å². The molecule has 0 aliphatic heterocycles. The molecule has 1 heterocycles. The van der Waals surface area contributed by atoms with Crippen molar-refractivity contribution >= 4 is 6.09 Å². The minimum Gasteiger partial charge on any atom is -0.444 e. The number of carbonyl (C=O) groups excluding carboxylic acids is 1. The molecule has 0 N–H and O–H groups in total. The number of carbonyl (C=O) groups is 1. The number of hydrogen-bond acceptors (Lipinski definition) is 3. The Morgan fingerprint density at radius 3 is 2.42 bits per heavy atom. The number of pyridine rings is 1. The van der Waals surface area contributed by atoms with Crippen molar-refractivity contribution < 1.29 is 9.53 Å². The van der Waals surface area contributed by atoms with Gasteiger partial charge in [0.1, 0.15) is 5.60 Å². The van der Waals surface area contributed by atoms with Crippen LogP contribution in [0.1, 0.15) is 52.1 Å². The van der Waals surface area contributed by atoms with E-state index in [2.05, 4.69) is 11.9 Å². The Hall–Kier alpha value is -1.58. The summed E-state index contributed by atoms with van der Waals surface area (Å²) >= 11 is 0. The van der Waals surface area contributed by atoms with Gasteiger partial charge in [0.25, 0.3) is 0 Å². The Morgan fingerprint density at radius 1 is 1.37 bits per heavy atom. The second-order valence-electron chi connectivity index (χ2n) is 5.68. The standard InChI is InChI=1S/C15H24N2O2/c1-6-7-13(12-8-10-16-11-9-12)17(5)14(18)19-15(2,3)4/h8-11,13H,6-7H2,1-5H3. The summed E-state index contributed by atoms with van der Waals surface area (Å²) in [5.74, 6) is 0. The van der Waals surface area contributed by atoms with Gasteiger partial charge in [-0.3, -0.25) is 4.98 Å². The van der Waals surface area contributed by atoms with Crippen molar-refractivity contribution in [3.8, 4) is 0 Å². The van der Waals surface area contributed by atoms with E-state index in [4.69, 9.17) is 4.74 Å². The molecule has 19 heavy (non-hydrogen) atoms. The normalized spacial score (nSPS) is 12.9. The van der Waals surface area contributed by atoms with E-state index in [0.717, 1.165) is 18.4 Å². The summed E-state index contributed by atoms with van der Waals surface area (Å²) in [6.45, 7) is 7.73. The van der Waals surface area contributed by atoms with E-state index in [-0.39, 0.29) is 12.1 Å². The third-order valence-corrected chi connectivity index (χ3v) is 2.80. The van der Waals surface area contributed by atoms with Gasteiger partial charge in [0.15, 0.2) is 0 Å². The van der Waals surface area contributed by atoms with Crippen molar-refractivity contribution in [3.05, 3.63) is 30.1 Å². The average molecular weight is 264 g/mol. The van der Waals surface area contributed by atoms with Gasteiger partial charge in [0, 0.05) is 19.4 Å². The Kier molecular flexibility index (Phi) is 5.33. The SMILES string of the molecule is CCCC(c1ccncc1)N(C)C(=O)OC(C)(C)C. The van der Waals surface area contributed by atoms with Crippen molar-refractivity contribution in [2.24, 2.45) is 0 Å². The summed E-state index contributed by atoms with van der Waals surface area (Å²) in [5, 5.41) is 0. The van der Waals surface area contributed by atoms with Crippen LogP contribution in [-0.2, 0) is 4.74 Å². The quantitative estimate of drug-likeness (QED) is 0.831. The fourth-order valence-corrected chi connectivity index (χ4v) is 1.90. The molecule has 0 aromatic carbocycles. The molecule has 4 nitrogen and oxygen atoms in total. The molecule has 0 bridgehead atoms. The maximum atomic E-state index is 12.1. The fourth-order valence-electron chi connectivity index (χ4n) is 1.90. The fraction of sp³-hybridized carbons (Fsp3) is 0.600. The summed E-state index contributed by atoms with van der Waals surface area (Å²) < 4.78 is 5.42. The van der Waals surface area contributed by atoms with Crippen LogP contribution in [0.4, 0.5) is 4.79 Å². The van der Waals surface area contributed by atoms with E-state index < -0.39 is 5.60 Å². The topological polar surface area (TPSA) is 42.4 Å². The summed E-state index contributed by atoms with van der Waals surface area (Å²) in [6.07, 6.45) is 5.12. The molecule has 0 spiro atoms. The molecule has 106 valence electrons. The van der Waals surface area contributed by atoms with Gasteiger partial charge in [0.05, 0.1) is 6.04 Å². The van der Waals surface area contributed by atoms with Crippen LogP contribution in [0.3, 0.4) is 0 Å². The lowest BCUT2D eigenvalue weighted by atomic mass is 10.0. The number of ether oxygens (including phenoxy) is 1. The second kappa shape index (κ2) is 6.55. The Balaban J connectivity index is 2.85. The summed E-state index contributed by atoms with van der Waals surface area (Å²) in [6, 6.07) is 3.92. The Morgan fingerprint density at radius 2 is 1.95 bits per heavy atom. The highest BCUT2D eigenvalue weighted by Gasteiger charge is 2.25. The van der Waals surface area contributed by atoms with Crippen LogP contribution in [0.25, 0.3) is 0 Å². The van der Waals surface area contributed by atoms with Crippen molar-refractivity contribution in [3.63, 3.8) is 0 Å². The van der Waals surface area contributed by atoms with Crippen LogP contribution in [-0.4, -0.2) is 28.6 Å². The van der Waals surface area contributed by atoms with E-state index in [1.165, 1.54) is 0 Å². The molecule has 0 saturated heterocycles. The van der Waals surface area contributed by atoms with Gasteiger partial charge >= 0.3 is 6.09 Å². The maximum absolute atomic E-state index is 12.1. The van der Waals surface area contributed by atoms with Crippen LogP contribution < -0.4 is 0 Å². The van der Waals surface area contributed by atoms with E-state index in [0.29, 0.717) is 0 Å². The molecule has 0 fully saturated rings. The number of nitrogens with zero attached hydrogens (tertiary/aromatic N) is 2. The number of amides is 1. The van der Waals surface area contributed by atoms with Crippen LogP contribution in [0.15, 0.2) is 24.5 Å². The highest BCUT2D eigenvalue weighted by molar-refractivity contribution is 5.68. The summed E-state index contributed by atoms with van der Waals surface area (Å²) in [5.41, 5.74) is 0.616. The first kappa shape index (κ1) is 15.5. The smallest absolute Gasteiger partial charge is 0.410 e. The lowest BCUT2D eigenvalue weighted by molar-refractivity contribution is 0.0211. The Labute approximate surface area is 115 Å². The maximum Gasteiger partial charge on any atom is 0.410 e. The van der Waals surface area contributed by atoms with E-state index in [9.17, 15) is 4.79 Å². The van der Waals surface area contributed by atoms with E-state index in [1.807, 2.05) is 32.9 Å². The zero-order valence-corrected chi connectivity index (χ0v) is 12.5. The molecule has 1 aromatic heterocycles. The van der Waals surface area contributed by atoms with Crippen LogP contribution >= 0.6 is 0 Å². The zero-order chi connectivity index (χ0) is 14.5. The highest BCUT2D eigenvalue weighted by atomic mass is 16.6. The monoisotopic (exact) mass is 264 g/mol. The summed E-state index contributed by atoms with van der Waals surface area (Å²) in [4.78, 5) is 17.8. The molecule has 0 aliphatic rings. The van der Waals surface area contributed by atoms with Crippen molar-refractivity contribution in [1.82, 2.24) is 9.88 Å². The van der Waals surface area contributed by atoms with Gasteiger partial charge in [-0.25, -0.2) is 4.79 Å². The second-order valence-corrected chi connectivity index (χ2v) is 5.68. The lowest BCUT2D eigenvalue weighted by Gasteiger charge is -2.31. The van der Waals surface area contributed by atoms with Gasteiger partial charge < -0.3 is 9.64 Å². The first-order valence-electron chi connectivity index (χ1n) is 6.71. The third kappa shape index (κ3) is 4.89. The molecule has 0 saturated carbocycles. The number of hydrogen-bond donors (Lipinski definition) is 0. The van der Waals surface area contributed by atoms with E-state index in [1.54, 1.807) is 24.3 Å². The zero-order valence-electron chi connectivity index (χ0n) is 12.5. The molecule has 1 amide bonds. The van der Waals surface area contributed by atoms with Gasteiger partial charge in [-0.1, -0.05) is 13.3 Å². The van der Waals surface area contributed by atoms with Gasteiger partial charge in [-0.2, -0.15) is 0 Å². The first-order chi connectivity index (χ1) is 8.85. The number of aromatic nitrogens is 1. The van der Waals surface area contributed by atoms with E-state index >= 15 is 0 Å². The molecular formula is C15H24N2O2. The minimum absolute atomic E-state index is 0.0304. The predicted octanol–water partition coefficient (Wildman–Crippen LogP) is 3.79. The first-order valence-corrected chi connectivity index (χ1v) is 6.71. The molecular weight excluding hydrogens is 240 g/mol. The largest absolute Gasteiger partial charge is 0.444 e. The number of rotatable bonds is 4. The molecule has 1 aromatic rings. The highest BCUT2D eigenvalue weighted by Crippen LogP contribution is 2.25. The van der Waals surface area contributed by atoms with Gasteiger partial charge in [0.2, 0.25) is 0 Å². The third-order valence-electron chi connectivity index (χ3n) is 2.80. The molecule has 0 aliphatic carbocycles. The molecule has 0 radical (unpaired) electrons. The van der Waals surface area contributed by atoms with Crippen LogP contribution in [0.5, 0.6) is 0 Å². The van der Waals surface area contributed by atoms with Gasteiger partial charge in [-0.15, -0.1) is 0 Å². The molecule has 1 unspecified atom stereocenters. The minimum atomic E-state index is -0.472. The molecule has 4 heteroatoms. The summed E-state index contributed by atoms with van der Waals surface area (Å²) in [7, 11) is 1.79. The van der Waals surface area contributed by atoms with Crippen molar-refractivity contribution in [1.29, 1.82) is 0 Å². The molecule has 1 atom stereocenters. The van der Waals surface area contributed by atoms with Crippen LogP contribution in [0.2, 0.25) is 0 Å². The predicted molar refractivity (Wildman–Crippen MR) is 75.9 cm³/mol. The average Bonchev–Trinajstić information content (AvgIpc) is 2.34. The van der Waals surface area contributed by atoms with Gasteiger partial charge in [-0.05, 0) is 44.9 Å². The van der Waals surface area contributed by atoms with Crippen molar-refractivity contribution in [2.45, 2.75) is 52.2 Å². The lowest BCUT2D eigenvalue weighted by Crippen LogP contribution is -2.36. The molecule has 1 rings (SSSR count).